The van der Waals surface area contributed by atoms with Crippen LogP contribution in [0.25, 0.3) is 0 Å². The zero-order valence-corrected chi connectivity index (χ0v) is 11.5. The first-order valence-electron chi connectivity index (χ1n) is 7.65. The first-order chi connectivity index (χ1) is 10.4. The van der Waals surface area contributed by atoms with Crippen molar-refractivity contribution >= 4 is 5.71 Å². The van der Waals surface area contributed by atoms with Gasteiger partial charge in [-0.2, -0.15) is 0 Å². The molecule has 6 rings (SSSR count). The summed E-state index contributed by atoms with van der Waals surface area (Å²) in [6.45, 7) is 1.19. The number of rotatable bonds is 0. The monoisotopic (exact) mass is 285 g/mol. The van der Waals surface area contributed by atoms with E-state index >= 15 is 0 Å². The van der Waals surface area contributed by atoms with Gasteiger partial charge in [-0.15, -0.1) is 0 Å². The highest BCUT2D eigenvalue weighted by Crippen LogP contribution is 2.58. The van der Waals surface area contributed by atoms with Crippen LogP contribution in [0.2, 0.25) is 0 Å². The molecule has 1 aromatic rings. The van der Waals surface area contributed by atoms with Crippen molar-refractivity contribution in [1.29, 1.82) is 0 Å². The molecule has 4 atom stereocenters. The molecule has 0 unspecified atom stereocenters. The number of nitrogens with zero attached hydrogens (tertiary/aromatic N) is 1. The lowest BCUT2D eigenvalue weighted by atomic mass is 9.63. The van der Waals surface area contributed by atoms with Gasteiger partial charge in [-0.25, -0.2) is 0 Å². The molecule has 0 radical (unpaired) electrons. The molecule has 1 saturated heterocycles. The molecular formula is C16H15NO4. The second kappa shape index (κ2) is 3.42. The van der Waals surface area contributed by atoms with Crippen LogP contribution in [0.15, 0.2) is 17.1 Å². The molecule has 0 aromatic heterocycles. The van der Waals surface area contributed by atoms with Crippen LogP contribution < -0.4 is 9.47 Å². The minimum absolute atomic E-state index is 0.0910. The molecule has 4 heterocycles. The van der Waals surface area contributed by atoms with Crippen molar-refractivity contribution in [3.05, 3.63) is 23.3 Å². The highest BCUT2D eigenvalue weighted by atomic mass is 16.7. The summed E-state index contributed by atoms with van der Waals surface area (Å²) in [4.78, 5) is 4.79. The summed E-state index contributed by atoms with van der Waals surface area (Å²) in [6.07, 6.45) is 3.11. The van der Waals surface area contributed by atoms with Gasteiger partial charge in [-0.3, -0.25) is 4.99 Å². The van der Waals surface area contributed by atoms with Gasteiger partial charge in [0.25, 0.3) is 0 Å². The predicted octanol–water partition coefficient (Wildman–Crippen LogP) is 2.09. The van der Waals surface area contributed by atoms with Crippen LogP contribution in [0.4, 0.5) is 0 Å². The van der Waals surface area contributed by atoms with Crippen molar-refractivity contribution in [3.63, 3.8) is 0 Å². The quantitative estimate of drug-likeness (QED) is 0.732. The van der Waals surface area contributed by atoms with E-state index in [4.69, 9.17) is 23.9 Å². The van der Waals surface area contributed by atoms with Crippen LogP contribution in [-0.2, 0) is 14.9 Å². The van der Waals surface area contributed by atoms with E-state index < -0.39 is 0 Å². The van der Waals surface area contributed by atoms with Crippen LogP contribution in [0.5, 0.6) is 11.5 Å². The van der Waals surface area contributed by atoms with Gasteiger partial charge in [0.1, 0.15) is 6.10 Å². The molecule has 2 fully saturated rings. The van der Waals surface area contributed by atoms with Crippen LogP contribution >= 0.6 is 0 Å². The number of aliphatic imine (C=N–C) groups is 1. The van der Waals surface area contributed by atoms with Crippen molar-refractivity contribution in [2.75, 3.05) is 13.3 Å². The second-order valence-corrected chi connectivity index (χ2v) is 6.44. The average molecular weight is 285 g/mol. The minimum atomic E-state index is -0.255. The first kappa shape index (κ1) is 11.0. The van der Waals surface area contributed by atoms with E-state index in [2.05, 4.69) is 6.07 Å². The molecule has 5 nitrogen and oxygen atoms in total. The fourth-order valence-electron chi connectivity index (χ4n) is 4.81. The Kier molecular flexibility index (Phi) is 1.80. The van der Waals surface area contributed by atoms with E-state index in [0.717, 1.165) is 42.9 Å². The van der Waals surface area contributed by atoms with Crippen molar-refractivity contribution in [1.82, 2.24) is 0 Å². The second-order valence-electron chi connectivity index (χ2n) is 6.44. The number of ether oxygens (including phenoxy) is 4. The lowest BCUT2D eigenvalue weighted by Crippen LogP contribution is -2.54. The van der Waals surface area contributed by atoms with Crippen LogP contribution in [-0.4, -0.2) is 31.3 Å². The van der Waals surface area contributed by atoms with Gasteiger partial charge in [-0.1, -0.05) is 0 Å². The Morgan fingerprint density at radius 3 is 3.00 bits per heavy atom. The largest absolute Gasteiger partial charge is 0.454 e. The molecule has 1 aromatic carbocycles. The molecule has 0 amide bonds. The van der Waals surface area contributed by atoms with Crippen molar-refractivity contribution < 1.29 is 18.9 Å². The minimum Gasteiger partial charge on any atom is -0.454 e. The smallest absolute Gasteiger partial charge is 0.231 e. The van der Waals surface area contributed by atoms with E-state index in [0.29, 0.717) is 6.79 Å². The third-order valence-corrected chi connectivity index (χ3v) is 5.66. The number of fused-ring (bicyclic) bond motifs is 4. The third kappa shape index (κ3) is 1.12. The standard InChI is InChI=1S/C16H15NO4/c1-2-13-16(3-4-17-13)9-6-12-11(18-7-19-12)5-8(9)15-20-10(1)14(16)21-15/h5-6,10,14-15H,1-4,7H2/t10-,14-,15-,16+/m1/s1. The first-order valence-corrected chi connectivity index (χ1v) is 7.65. The highest BCUT2D eigenvalue weighted by molar-refractivity contribution is 5.99. The Morgan fingerprint density at radius 2 is 2.05 bits per heavy atom. The maximum atomic E-state index is 6.26. The molecule has 1 spiro atoms. The van der Waals surface area contributed by atoms with Gasteiger partial charge in [0.05, 0.1) is 11.5 Å². The summed E-state index contributed by atoms with van der Waals surface area (Å²) < 4.78 is 23.5. The fraction of sp³-hybridized carbons (Fsp3) is 0.562. The summed E-state index contributed by atoms with van der Waals surface area (Å²) in [6, 6.07) is 4.20. The van der Waals surface area contributed by atoms with E-state index in [1.165, 1.54) is 11.3 Å². The van der Waals surface area contributed by atoms with Crippen LogP contribution in [0.1, 0.15) is 36.7 Å². The Hall–Kier alpha value is -1.59. The zero-order valence-electron chi connectivity index (χ0n) is 11.5. The van der Waals surface area contributed by atoms with E-state index in [1.54, 1.807) is 0 Å². The van der Waals surface area contributed by atoms with Gasteiger partial charge < -0.3 is 18.9 Å². The van der Waals surface area contributed by atoms with Crippen molar-refractivity contribution in [3.8, 4) is 11.5 Å². The lowest BCUT2D eigenvalue weighted by Gasteiger charge is -2.44. The summed E-state index contributed by atoms with van der Waals surface area (Å²) in [5.74, 6) is 1.64. The van der Waals surface area contributed by atoms with Gasteiger partial charge in [0, 0.05) is 17.8 Å². The molecule has 2 bridgehead atoms. The number of hydrogen-bond donors (Lipinski definition) is 0. The van der Waals surface area contributed by atoms with Crippen molar-refractivity contribution in [2.45, 2.75) is 43.2 Å². The number of benzene rings is 1. The maximum absolute atomic E-state index is 6.26. The average Bonchev–Trinajstić information content (AvgIpc) is 3.20. The molecular weight excluding hydrogens is 270 g/mol. The topological polar surface area (TPSA) is 49.3 Å². The van der Waals surface area contributed by atoms with Crippen LogP contribution in [0.3, 0.4) is 0 Å². The molecule has 4 aliphatic heterocycles. The SMILES string of the molecule is c1c2c(cc3c1[C@H]1O[C@@H]4[C@@H](CCC5=NCC[C@@]534)O1)OCO2. The maximum Gasteiger partial charge on any atom is 0.231 e. The van der Waals surface area contributed by atoms with Gasteiger partial charge in [0.2, 0.25) is 6.79 Å². The summed E-state index contributed by atoms with van der Waals surface area (Å²) in [5, 5.41) is 0. The predicted molar refractivity (Wildman–Crippen MR) is 72.9 cm³/mol. The van der Waals surface area contributed by atoms with Crippen LogP contribution in [0, 0.1) is 0 Å². The molecule has 1 saturated carbocycles. The lowest BCUT2D eigenvalue weighted by molar-refractivity contribution is -0.0831. The summed E-state index contributed by atoms with van der Waals surface area (Å²) in [7, 11) is 0. The van der Waals surface area contributed by atoms with E-state index in [-0.39, 0.29) is 23.9 Å². The number of hydrogen-bond acceptors (Lipinski definition) is 5. The summed E-state index contributed by atoms with van der Waals surface area (Å²) >= 11 is 0. The molecule has 5 aliphatic rings. The third-order valence-electron chi connectivity index (χ3n) is 5.66. The van der Waals surface area contributed by atoms with Crippen molar-refractivity contribution in [2.24, 2.45) is 4.99 Å². The normalized spacial score (nSPS) is 40.8. The Balaban J connectivity index is 1.67. The Morgan fingerprint density at radius 1 is 1.14 bits per heavy atom. The summed E-state index contributed by atoms with van der Waals surface area (Å²) in [5.41, 5.74) is 3.61. The zero-order chi connectivity index (χ0) is 13.6. The Labute approximate surface area is 121 Å². The molecule has 0 N–H and O–H groups in total. The molecule has 1 aliphatic carbocycles. The van der Waals surface area contributed by atoms with E-state index in [1.807, 2.05) is 6.07 Å². The van der Waals surface area contributed by atoms with Gasteiger partial charge >= 0.3 is 0 Å². The molecule has 21 heavy (non-hydrogen) atoms. The van der Waals surface area contributed by atoms with E-state index in [9.17, 15) is 0 Å². The fourth-order valence-corrected chi connectivity index (χ4v) is 4.81. The molecule has 108 valence electrons. The highest BCUT2D eigenvalue weighted by Gasteiger charge is 2.62. The molecule has 5 heteroatoms. The van der Waals surface area contributed by atoms with Gasteiger partial charge in [0.15, 0.2) is 17.8 Å². The Bertz CT molecular complexity index is 700. The van der Waals surface area contributed by atoms with Gasteiger partial charge in [-0.05, 0) is 37.0 Å².